The Hall–Kier alpha value is -3.18. The van der Waals surface area contributed by atoms with Gasteiger partial charge in [-0.25, -0.2) is 14.8 Å². The Morgan fingerprint density at radius 2 is 1.78 bits per heavy atom. The lowest BCUT2D eigenvalue weighted by molar-refractivity contribution is -0.153. The molecule has 2 aromatic rings. The van der Waals surface area contributed by atoms with Gasteiger partial charge >= 0.3 is 11.9 Å². The van der Waals surface area contributed by atoms with Gasteiger partial charge in [0.2, 0.25) is 11.9 Å². The molecule has 202 valence electrons. The van der Waals surface area contributed by atoms with E-state index < -0.39 is 11.6 Å². The first-order valence-corrected chi connectivity index (χ1v) is 13.0. The lowest BCUT2D eigenvalue weighted by Crippen LogP contribution is -2.32. The van der Waals surface area contributed by atoms with E-state index in [0.29, 0.717) is 48.0 Å². The number of rotatable bonds is 12. The molecule has 0 radical (unpaired) electrons. The quantitative estimate of drug-likeness (QED) is 0.162. The number of nitrogens with zero attached hydrogens (tertiary/aromatic N) is 2. The summed E-state index contributed by atoms with van der Waals surface area (Å²) in [6.07, 6.45) is 0.961. The fourth-order valence-electron chi connectivity index (χ4n) is 3.49. The number of aryl methyl sites for hydroxylation is 2. The van der Waals surface area contributed by atoms with Crippen LogP contribution >= 0.6 is 11.8 Å². The van der Waals surface area contributed by atoms with Gasteiger partial charge in [-0.3, -0.25) is 9.59 Å². The molecular weight excluding hydrogens is 494 g/mol. The van der Waals surface area contributed by atoms with Crippen molar-refractivity contribution in [2.45, 2.75) is 58.1 Å². The molecule has 0 bridgehead atoms. The van der Waals surface area contributed by atoms with E-state index in [2.05, 4.69) is 20.6 Å². The van der Waals surface area contributed by atoms with Crippen molar-refractivity contribution in [1.82, 2.24) is 20.6 Å². The second-order valence-electron chi connectivity index (χ2n) is 9.49. The molecule has 1 heterocycles. The number of carbonyl (C=O) groups excluding carboxylic acids is 3. The zero-order valence-electron chi connectivity index (χ0n) is 22.4. The predicted molar refractivity (Wildman–Crippen MR) is 144 cm³/mol. The normalized spacial score (nSPS) is 11.2. The number of nitrogens with two attached hydrogens (primary N) is 1. The van der Waals surface area contributed by atoms with Gasteiger partial charge in [-0.1, -0.05) is 6.07 Å². The lowest BCUT2D eigenvalue weighted by Gasteiger charge is -2.19. The molecule has 4 N–H and O–H groups in total. The lowest BCUT2D eigenvalue weighted by atomic mass is 9.98. The van der Waals surface area contributed by atoms with Gasteiger partial charge in [0.25, 0.3) is 0 Å². The van der Waals surface area contributed by atoms with Crippen LogP contribution in [0, 0.1) is 13.8 Å². The highest BCUT2D eigenvalue weighted by atomic mass is 32.2. The maximum atomic E-state index is 12.1. The molecule has 10 nitrogen and oxygen atoms in total. The van der Waals surface area contributed by atoms with E-state index in [9.17, 15) is 14.4 Å². The fourth-order valence-corrected chi connectivity index (χ4v) is 4.26. The van der Waals surface area contributed by atoms with Gasteiger partial charge in [0.1, 0.15) is 10.6 Å². The molecular formula is C26H37N5O5S. The molecule has 1 amide bonds. The summed E-state index contributed by atoms with van der Waals surface area (Å²) in [7, 11) is 1.35. The summed E-state index contributed by atoms with van der Waals surface area (Å²) in [6.45, 7) is 10.4. The van der Waals surface area contributed by atoms with Crippen molar-refractivity contribution in [1.29, 1.82) is 0 Å². The van der Waals surface area contributed by atoms with Gasteiger partial charge in [-0.05, 0) is 70.8 Å². The number of carbonyl (C=O) groups is 3. The second-order valence-corrected chi connectivity index (χ2v) is 10.6. The molecule has 11 heteroatoms. The number of nitrogen functional groups attached to an aromatic ring is 1. The van der Waals surface area contributed by atoms with Gasteiger partial charge in [-0.2, -0.15) is 0 Å². The zero-order valence-corrected chi connectivity index (χ0v) is 23.2. The number of benzene rings is 1. The van der Waals surface area contributed by atoms with Gasteiger partial charge in [-0.15, -0.1) is 11.8 Å². The molecule has 1 aromatic carbocycles. The third kappa shape index (κ3) is 10.4. The Labute approximate surface area is 222 Å². The van der Waals surface area contributed by atoms with Crippen molar-refractivity contribution < 1.29 is 23.9 Å². The van der Waals surface area contributed by atoms with E-state index in [1.165, 1.54) is 18.9 Å². The second kappa shape index (κ2) is 13.9. The van der Waals surface area contributed by atoms with Crippen LogP contribution < -0.4 is 16.4 Å². The molecule has 0 atom stereocenters. The van der Waals surface area contributed by atoms with Gasteiger partial charge in [0.05, 0.1) is 24.9 Å². The largest absolute Gasteiger partial charge is 0.465 e. The van der Waals surface area contributed by atoms with Crippen molar-refractivity contribution in [3.05, 3.63) is 34.9 Å². The Balaban J connectivity index is 1.82. The predicted octanol–water partition coefficient (Wildman–Crippen LogP) is 3.05. The average molecular weight is 532 g/mol. The number of thioether (sulfide) groups is 1. The van der Waals surface area contributed by atoms with Gasteiger partial charge in [0, 0.05) is 24.3 Å². The molecule has 0 spiro atoms. The van der Waals surface area contributed by atoms with Crippen LogP contribution in [0.5, 0.6) is 0 Å². The molecule has 37 heavy (non-hydrogen) atoms. The van der Waals surface area contributed by atoms with Crippen LogP contribution in [0.1, 0.15) is 55.1 Å². The average Bonchev–Trinajstić information content (AvgIpc) is 2.79. The van der Waals surface area contributed by atoms with Crippen LogP contribution in [0.2, 0.25) is 0 Å². The van der Waals surface area contributed by atoms with Crippen LogP contribution in [-0.2, 0) is 19.1 Å². The number of esters is 2. The maximum absolute atomic E-state index is 12.1. The van der Waals surface area contributed by atoms with Gasteiger partial charge < -0.3 is 25.8 Å². The smallest absolute Gasteiger partial charge is 0.338 e. The highest BCUT2D eigenvalue weighted by molar-refractivity contribution is 7.99. The summed E-state index contributed by atoms with van der Waals surface area (Å²) in [6, 6.07) is 5.49. The van der Waals surface area contributed by atoms with E-state index in [1.807, 2.05) is 46.8 Å². The SMILES string of the molecule is COC(=O)c1cc(-c2cc(SCCNC(=O)CCCNCC(=O)OC(C)(C)C)nc(N)n2)c(C)cc1C. The van der Waals surface area contributed by atoms with Crippen molar-refractivity contribution in [2.24, 2.45) is 0 Å². The third-order valence-corrected chi connectivity index (χ3v) is 6.01. The summed E-state index contributed by atoms with van der Waals surface area (Å²) in [5.74, 6) is -0.0664. The molecule has 0 aliphatic heterocycles. The minimum atomic E-state index is -0.511. The highest BCUT2D eigenvalue weighted by Gasteiger charge is 2.16. The number of aromatic nitrogens is 2. The van der Waals surface area contributed by atoms with Crippen LogP contribution in [0.3, 0.4) is 0 Å². The van der Waals surface area contributed by atoms with Crippen LogP contribution in [0.15, 0.2) is 23.2 Å². The Kier molecular flexibility index (Phi) is 11.3. The minimum Gasteiger partial charge on any atom is -0.465 e. The van der Waals surface area contributed by atoms with Crippen molar-refractivity contribution in [3.8, 4) is 11.3 Å². The topological polar surface area (TPSA) is 146 Å². The van der Waals surface area contributed by atoms with E-state index in [-0.39, 0.29) is 24.4 Å². The van der Waals surface area contributed by atoms with E-state index in [0.717, 1.165) is 16.7 Å². The monoisotopic (exact) mass is 531 g/mol. The molecule has 0 saturated heterocycles. The van der Waals surface area contributed by atoms with E-state index in [4.69, 9.17) is 15.2 Å². The number of hydrogen-bond acceptors (Lipinski definition) is 10. The Morgan fingerprint density at radius 3 is 2.46 bits per heavy atom. The molecule has 0 unspecified atom stereocenters. The number of amides is 1. The summed E-state index contributed by atoms with van der Waals surface area (Å²) >= 11 is 1.45. The molecule has 0 saturated carbocycles. The van der Waals surface area contributed by atoms with E-state index in [1.54, 1.807) is 6.07 Å². The van der Waals surface area contributed by atoms with Crippen LogP contribution in [-0.4, -0.2) is 65.9 Å². The van der Waals surface area contributed by atoms with Crippen LogP contribution in [0.4, 0.5) is 5.95 Å². The standard InChI is InChI=1S/C26H37N5O5S/c1-16-12-17(2)19(24(34)35-6)13-18(16)20-14-22(31-25(27)30-20)37-11-10-29-21(32)8-7-9-28-15-23(33)36-26(3,4)5/h12-14,28H,7-11,15H2,1-6H3,(H,29,32)(H2,27,30,31). The number of nitrogens with one attached hydrogen (secondary N) is 2. The Bertz CT molecular complexity index is 1120. The number of hydrogen-bond donors (Lipinski definition) is 3. The summed E-state index contributed by atoms with van der Waals surface area (Å²) in [5, 5.41) is 6.54. The third-order valence-electron chi connectivity index (χ3n) is 5.09. The Morgan fingerprint density at radius 1 is 1.05 bits per heavy atom. The first-order chi connectivity index (χ1) is 17.4. The molecule has 0 aliphatic rings. The summed E-state index contributed by atoms with van der Waals surface area (Å²) in [4.78, 5) is 44.5. The number of ether oxygens (including phenoxy) is 2. The first-order valence-electron chi connectivity index (χ1n) is 12.1. The molecule has 0 fully saturated rings. The highest BCUT2D eigenvalue weighted by Crippen LogP contribution is 2.29. The molecule has 2 rings (SSSR count). The maximum Gasteiger partial charge on any atom is 0.338 e. The van der Waals surface area contributed by atoms with Crippen molar-refractivity contribution in [2.75, 3.05) is 38.2 Å². The summed E-state index contributed by atoms with van der Waals surface area (Å²) < 4.78 is 10.1. The zero-order chi connectivity index (χ0) is 27.6. The van der Waals surface area contributed by atoms with Crippen molar-refractivity contribution in [3.63, 3.8) is 0 Å². The molecule has 1 aromatic heterocycles. The van der Waals surface area contributed by atoms with Gasteiger partial charge in [0.15, 0.2) is 0 Å². The minimum absolute atomic E-state index is 0.0619. The summed E-state index contributed by atoms with van der Waals surface area (Å²) in [5.41, 5.74) is 9.06. The molecule has 0 aliphatic carbocycles. The van der Waals surface area contributed by atoms with Crippen LogP contribution in [0.25, 0.3) is 11.3 Å². The number of methoxy groups -OCH3 is 1. The van der Waals surface area contributed by atoms with Crippen molar-refractivity contribution >= 4 is 35.6 Å². The first kappa shape index (κ1) is 30.0. The van der Waals surface area contributed by atoms with E-state index >= 15 is 0 Å². The number of anilines is 1. The fraction of sp³-hybridized carbons (Fsp3) is 0.500.